The molecule has 0 atom stereocenters. The van der Waals surface area contributed by atoms with Crippen LogP contribution >= 0.6 is 27.3 Å². The number of nitrogens with two attached hydrogens (primary N) is 1. The number of nitrogens with one attached hydrogen (secondary N) is 2. The van der Waals surface area contributed by atoms with E-state index < -0.39 is 0 Å². The summed E-state index contributed by atoms with van der Waals surface area (Å²) >= 11 is 5.07. The van der Waals surface area contributed by atoms with Crippen molar-refractivity contribution in [3.05, 3.63) is 58.8 Å². The van der Waals surface area contributed by atoms with Crippen LogP contribution in [0.15, 0.2) is 53.3 Å². The first-order chi connectivity index (χ1) is 12.6. The highest BCUT2D eigenvalue weighted by Gasteiger charge is 2.12. The number of benzene rings is 2. The molecule has 0 amide bonds. The molecule has 0 unspecified atom stereocenters. The van der Waals surface area contributed by atoms with Crippen molar-refractivity contribution >= 4 is 65.6 Å². The number of para-hydroxylation sites is 2. The van der Waals surface area contributed by atoms with Gasteiger partial charge in [0, 0.05) is 4.47 Å². The maximum Gasteiger partial charge on any atom is 0.189 e. The number of hydrogen-bond donors (Lipinski definition) is 3. The number of nitrogen functional groups attached to an aromatic ring is 1. The van der Waals surface area contributed by atoms with Gasteiger partial charge in [-0.1, -0.05) is 35.6 Å². The van der Waals surface area contributed by atoms with E-state index in [1.165, 1.54) is 6.33 Å². The molecule has 4 N–H and O–H groups in total. The molecule has 0 aliphatic heterocycles. The second kappa shape index (κ2) is 6.89. The molecule has 4 rings (SSSR count). The molecule has 4 aromatic rings. The quantitative estimate of drug-likeness (QED) is 0.414. The summed E-state index contributed by atoms with van der Waals surface area (Å²) in [4.78, 5) is 13.1. The first-order valence-electron chi connectivity index (χ1n) is 7.87. The van der Waals surface area contributed by atoms with Crippen LogP contribution in [0.2, 0.25) is 0 Å². The van der Waals surface area contributed by atoms with Crippen molar-refractivity contribution in [3.8, 4) is 0 Å². The second-order valence-electron chi connectivity index (χ2n) is 5.66. The first kappa shape index (κ1) is 16.7. The van der Waals surface area contributed by atoms with Gasteiger partial charge in [-0.15, -0.1) is 0 Å². The standard InChI is InChI=1S/C18H15BrN6S/c1-10-5-4-8-13-15(10)24-18(26-13)25-17-14(20)16(21-9-22-17)23-12-7-3-2-6-11(12)19/h2-9H,20H2,1H3,(H2,21,22,23,24,25). The highest BCUT2D eigenvalue weighted by molar-refractivity contribution is 9.10. The number of thiazole rings is 1. The van der Waals surface area contributed by atoms with Gasteiger partial charge in [-0.25, -0.2) is 15.0 Å². The van der Waals surface area contributed by atoms with Gasteiger partial charge in [0.2, 0.25) is 0 Å². The Morgan fingerprint density at radius 1 is 1.00 bits per heavy atom. The van der Waals surface area contributed by atoms with Crippen molar-refractivity contribution < 1.29 is 0 Å². The topological polar surface area (TPSA) is 88.8 Å². The lowest BCUT2D eigenvalue weighted by atomic mass is 10.2. The van der Waals surface area contributed by atoms with E-state index in [0.29, 0.717) is 17.3 Å². The molecule has 0 fully saturated rings. The third kappa shape index (κ3) is 3.21. The van der Waals surface area contributed by atoms with Crippen molar-refractivity contribution in [3.63, 3.8) is 0 Å². The molecule has 0 saturated carbocycles. The Kier molecular flexibility index (Phi) is 4.44. The largest absolute Gasteiger partial charge is 0.393 e. The van der Waals surface area contributed by atoms with Crippen LogP contribution in [0.1, 0.15) is 5.56 Å². The van der Waals surface area contributed by atoms with Crippen molar-refractivity contribution in [1.82, 2.24) is 15.0 Å². The third-order valence-corrected chi connectivity index (χ3v) is 5.48. The van der Waals surface area contributed by atoms with Gasteiger partial charge in [0.05, 0.1) is 15.9 Å². The lowest BCUT2D eigenvalue weighted by Crippen LogP contribution is -2.05. The van der Waals surface area contributed by atoms with Crippen molar-refractivity contribution in [2.24, 2.45) is 0 Å². The van der Waals surface area contributed by atoms with E-state index in [4.69, 9.17) is 5.73 Å². The number of hydrogen-bond acceptors (Lipinski definition) is 7. The summed E-state index contributed by atoms with van der Waals surface area (Å²) in [6.07, 6.45) is 1.47. The van der Waals surface area contributed by atoms with Gasteiger partial charge in [0.1, 0.15) is 12.0 Å². The summed E-state index contributed by atoms with van der Waals surface area (Å²) in [6, 6.07) is 13.9. The predicted molar refractivity (Wildman–Crippen MR) is 112 cm³/mol. The Balaban J connectivity index is 1.65. The Labute approximate surface area is 162 Å². The molecule has 0 aliphatic rings. The fourth-order valence-electron chi connectivity index (χ4n) is 2.53. The Morgan fingerprint density at radius 2 is 1.77 bits per heavy atom. The van der Waals surface area contributed by atoms with Gasteiger partial charge in [-0.3, -0.25) is 0 Å². The molecule has 26 heavy (non-hydrogen) atoms. The smallest absolute Gasteiger partial charge is 0.189 e. The van der Waals surface area contributed by atoms with E-state index >= 15 is 0 Å². The zero-order valence-electron chi connectivity index (χ0n) is 13.8. The monoisotopic (exact) mass is 426 g/mol. The molecule has 0 aliphatic carbocycles. The number of aryl methyl sites for hydroxylation is 1. The number of aromatic nitrogens is 3. The van der Waals surface area contributed by atoms with Gasteiger partial charge in [0.25, 0.3) is 0 Å². The van der Waals surface area contributed by atoms with Gasteiger partial charge in [-0.05, 0) is 46.6 Å². The zero-order chi connectivity index (χ0) is 18.1. The molecule has 0 spiro atoms. The molecule has 2 aromatic carbocycles. The molecule has 2 aromatic heterocycles. The van der Waals surface area contributed by atoms with E-state index in [9.17, 15) is 0 Å². The third-order valence-electron chi connectivity index (χ3n) is 3.86. The Morgan fingerprint density at radius 3 is 2.54 bits per heavy atom. The average Bonchev–Trinajstić information content (AvgIpc) is 3.04. The molecule has 0 bridgehead atoms. The second-order valence-corrected chi connectivity index (χ2v) is 7.54. The fourth-order valence-corrected chi connectivity index (χ4v) is 3.85. The van der Waals surface area contributed by atoms with Crippen LogP contribution in [0.25, 0.3) is 10.2 Å². The lowest BCUT2D eigenvalue weighted by molar-refractivity contribution is 1.17. The first-order valence-corrected chi connectivity index (χ1v) is 9.48. The summed E-state index contributed by atoms with van der Waals surface area (Å²) in [5.74, 6) is 1.05. The molecule has 8 heteroatoms. The minimum Gasteiger partial charge on any atom is -0.393 e. The summed E-state index contributed by atoms with van der Waals surface area (Å²) < 4.78 is 2.04. The predicted octanol–water partition coefficient (Wildman–Crippen LogP) is 5.23. The minimum absolute atomic E-state index is 0.430. The number of fused-ring (bicyclic) bond motifs is 1. The average molecular weight is 427 g/mol. The van der Waals surface area contributed by atoms with Gasteiger partial charge < -0.3 is 16.4 Å². The summed E-state index contributed by atoms with van der Waals surface area (Å²) in [5, 5.41) is 7.17. The molecular formula is C18H15BrN6S. The van der Waals surface area contributed by atoms with Gasteiger partial charge in [0.15, 0.2) is 16.8 Å². The number of anilines is 5. The minimum atomic E-state index is 0.430. The molecule has 0 saturated heterocycles. The maximum absolute atomic E-state index is 6.26. The zero-order valence-corrected chi connectivity index (χ0v) is 16.2. The van der Waals surface area contributed by atoms with Crippen LogP contribution in [0, 0.1) is 6.92 Å². The van der Waals surface area contributed by atoms with Crippen molar-refractivity contribution in [2.75, 3.05) is 16.4 Å². The highest BCUT2D eigenvalue weighted by Crippen LogP contribution is 2.33. The van der Waals surface area contributed by atoms with Crippen LogP contribution in [0.4, 0.5) is 28.1 Å². The Hall–Kier alpha value is -2.71. The SMILES string of the molecule is Cc1cccc2sc(Nc3ncnc(Nc4ccccc4Br)c3N)nc12. The molecular weight excluding hydrogens is 412 g/mol. The van der Waals surface area contributed by atoms with Crippen LogP contribution in [0.3, 0.4) is 0 Å². The molecule has 2 heterocycles. The van der Waals surface area contributed by atoms with Crippen molar-refractivity contribution in [2.45, 2.75) is 6.92 Å². The van der Waals surface area contributed by atoms with E-state index in [2.05, 4.69) is 47.6 Å². The fraction of sp³-hybridized carbons (Fsp3) is 0.0556. The van der Waals surface area contributed by atoms with E-state index in [1.807, 2.05) is 43.3 Å². The van der Waals surface area contributed by atoms with Crippen LogP contribution < -0.4 is 16.4 Å². The van der Waals surface area contributed by atoms with Crippen LogP contribution in [0.5, 0.6) is 0 Å². The van der Waals surface area contributed by atoms with E-state index in [1.54, 1.807) is 11.3 Å². The van der Waals surface area contributed by atoms with E-state index in [-0.39, 0.29) is 0 Å². The normalized spacial score (nSPS) is 10.8. The molecule has 0 radical (unpaired) electrons. The number of rotatable bonds is 4. The Bertz CT molecular complexity index is 1090. The van der Waals surface area contributed by atoms with E-state index in [0.717, 1.165) is 31.1 Å². The van der Waals surface area contributed by atoms with Crippen molar-refractivity contribution in [1.29, 1.82) is 0 Å². The summed E-state index contributed by atoms with van der Waals surface area (Å²) in [7, 11) is 0. The summed E-state index contributed by atoms with van der Waals surface area (Å²) in [6.45, 7) is 2.05. The number of halogens is 1. The van der Waals surface area contributed by atoms with Crippen LogP contribution in [-0.4, -0.2) is 15.0 Å². The molecule has 6 nitrogen and oxygen atoms in total. The van der Waals surface area contributed by atoms with Gasteiger partial charge in [-0.2, -0.15) is 0 Å². The van der Waals surface area contributed by atoms with Gasteiger partial charge >= 0.3 is 0 Å². The number of nitrogens with zero attached hydrogens (tertiary/aromatic N) is 3. The highest BCUT2D eigenvalue weighted by atomic mass is 79.9. The van der Waals surface area contributed by atoms with Crippen LogP contribution in [-0.2, 0) is 0 Å². The lowest BCUT2D eigenvalue weighted by Gasteiger charge is -2.12. The molecule has 130 valence electrons. The summed E-state index contributed by atoms with van der Waals surface area (Å²) in [5.41, 5.74) is 9.69. The maximum atomic E-state index is 6.26.